The molecular weight excluding hydrogens is 562 g/mol. The zero-order chi connectivity index (χ0) is 31.4. The summed E-state index contributed by atoms with van der Waals surface area (Å²) in [5.74, 6) is 0.274. The van der Waals surface area contributed by atoms with Crippen LogP contribution in [0.3, 0.4) is 0 Å². The predicted molar refractivity (Wildman–Crippen MR) is 178 cm³/mol. The topological polar surface area (TPSA) is 90.9 Å². The molecule has 1 heterocycles. The van der Waals surface area contributed by atoms with Gasteiger partial charge in [-0.15, -0.1) is 0 Å². The number of ether oxygens (including phenoxy) is 1. The largest absolute Gasteiger partial charge is 0.448 e. The predicted octanol–water partition coefficient (Wildman–Crippen LogP) is 7.67. The molecule has 0 saturated carbocycles. The van der Waals surface area contributed by atoms with Crippen molar-refractivity contribution in [1.29, 1.82) is 0 Å². The number of anilines is 2. The van der Waals surface area contributed by atoms with Crippen molar-refractivity contribution in [3.63, 3.8) is 0 Å². The Bertz CT molecular complexity index is 1610. The lowest BCUT2D eigenvalue weighted by atomic mass is 9.86. The Morgan fingerprint density at radius 2 is 1.36 bits per heavy atom. The van der Waals surface area contributed by atoms with E-state index in [1.54, 1.807) is 18.2 Å². The fourth-order valence-electron chi connectivity index (χ4n) is 6.71. The molecule has 0 bridgehead atoms. The average Bonchev–Trinajstić information content (AvgIpc) is 3.35. The van der Waals surface area contributed by atoms with E-state index in [0.717, 1.165) is 55.6 Å². The fraction of sp³-hybridized carbons (Fsp3) is 0.316. The number of carbonyl (C=O) groups excluding carboxylic acids is 2. The minimum absolute atomic E-state index is 0.0356. The molecule has 45 heavy (non-hydrogen) atoms. The van der Waals surface area contributed by atoms with Gasteiger partial charge in [0.25, 0.3) is 5.91 Å². The molecular formula is C38H41N3O4. The second kappa shape index (κ2) is 13.3. The lowest BCUT2D eigenvalue weighted by Gasteiger charge is -2.34. The third kappa shape index (κ3) is 7.44. The highest BCUT2D eigenvalue weighted by molar-refractivity contribution is 6.06. The number of fused-ring (bicyclic) bond motifs is 3. The zero-order valence-corrected chi connectivity index (χ0v) is 26.0. The van der Waals surface area contributed by atoms with Gasteiger partial charge in [0.05, 0.1) is 17.0 Å². The maximum absolute atomic E-state index is 13.2. The summed E-state index contributed by atoms with van der Waals surface area (Å²) in [4.78, 5) is 28.5. The number of hydrogen-bond donors (Lipinski definition) is 3. The van der Waals surface area contributed by atoms with E-state index < -0.39 is 11.7 Å². The molecule has 3 N–H and O–H groups in total. The second-order valence-electron chi connectivity index (χ2n) is 12.9. The van der Waals surface area contributed by atoms with Gasteiger partial charge in [-0.25, -0.2) is 4.79 Å². The molecule has 0 radical (unpaired) electrons. The summed E-state index contributed by atoms with van der Waals surface area (Å²) in [7, 11) is 0. The number of likely N-dealkylation sites (tertiary alicyclic amines) is 1. The van der Waals surface area contributed by atoms with Gasteiger partial charge in [0.1, 0.15) is 6.61 Å². The van der Waals surface area contributed by atoms with Gasteiger partial charge in [-0.3, -0.25) is 15.0 Å². The van der Waals surface area contributed by atoms with E-state index in [4.69, 9.17) is 4.74 Å². The number of hydrogen-bond acceptors (Lipinski definition) is 5. The summed E-state index contributed by atoms with van der Waals surface area (Å²) in [6.07, 6.45) is 2.45. The molecule has 4 aromatic rings. The van der Waals surface area contributed by atoms with Crippen molar-refractivity contribution in [2.75, 3.05) is 30.3 Å². The molecule has 0 unspecified atom stereocenters. The number of piperidine rings is 1. The van der Waals surface area contributed by atoms with Crippen molar-refractivity contribution in [2.24, 2.45) is 5.92 Å². The van der Waals surface area contributed by atoms with E-state index in [1.165, 1.54) is 11.1 Å². The number of aliphatic hydroxyl groups is 1. The molecule has 7 heteroatoms. The molecule has 1 saturated heterocycles. The van der Waals surface area contributed by atoms with E-state index in [1.807, 2.05) is 68.4 Å². The standard InChI is InChI=1S/C38H41N3O4/c1-38(2,44)23-26-19-21-41(22-20-26)24-27-15-17-28(18-16-27)36(42)39-34-13-7-8-14-35(34)40-37(43)45-25-33-31-11-5-3-9-29(31)30-10-4-6-12-32(30)33/h3-18,26,33,44H,19-25H2,1-2H3,(H,39,42)(H,40,43). The lowest BCUT2D eigenvalue weighted by molar-refractivity contribution is 0.0368. The molecule has 0 atom stereocenters. The molecule has 2 amide bonds. The minimum Gasteiger partial charge on any atom is -0.448 e. The van der Waals surface area contributed by atoms with Gasteiger partial charge in [0.15, 0.2) is 0 Å². The number of para-hydroxylation sites is 2. The van der Waals surface area contributed by atoms with E-state index >= 15 is 0 Å². The molecule has 1 fully saturated rings. The van der Waals surface area contributed by atoms with Crippen molar-refractivity contribution in [3.8, 4) is 11.1 Å². The first-order valence-electron chi connectivity index (χ1n) is 15.8. The van der Waals surface area contributed by atoms with Crippen LogP contribution < -0.4 is 10.6 Å². The molecule has 1 aliphatic heterocycles. The van der Waals surface area contributed by atoms with Crippen molar-refractivity contribution in [1.82, 2.24) is 4.90 Å². The summed E-state index contributed by atoms with van der Waals surface area (Å²) >= 11 is 0. The molecule has 232 valence electrons. The van der Waals surface area contributed by atoms with Gasteiger partial charge in [-0.1, -0.05) is 72.8 Å². The number of nitrogens with zero attached hydrogens (tertiary/aromatic N) is 1. The van der Waals surface area contributed by atoms with Crippen LogP contribution >= 0.6 is 0 Å². The van der Waals surface area contributed by atoms with E-state index in [2.05, 4.69) is 39.8 Å². The van der Waals surface area contributed by atoms with Crippen LogP contribution in [0.25, 0.3) is 11.1 Å². The average molecular weight is 604 g/mol. The molecule has 0 spiro atoms. The maximum atomic E-state index is 13.2. The van der Waals surface area contributed by atoms with Crippen LogP contribution in [0.4, 0.5) is 16.2 Å². The van der Waals surface area contributed by atoms with Crippen LogP contribution in [0.2, 0.25) is 0 Å². The molecule has 0 aromatic heterocycles. The van der Waals surface area contributed by atoms with Gasteiger partial charge in [-0.05, 0) is 104 Å². The Morgan fingerprint density at radius 3 is 1.96 bits per heavy atom. The SMILES string of the molecule is CC(C)(O)CC1CCN(Cc2ccc(C(=O)Nc3ccccc3NC(=O)OCC3c4ccccc4-c4ccccc43)cc2)CC1. The minimum atomic E-state index is -0.612. The normalized spacial score (nSPS) is 15.3. The number of carbonyl (C=O) groups is 2. The van der Waals surface area contributed by atoms with E-state index in [9.17, 15) is 14.7 Å². The zero-order valence-electron chi connectivity index (χ0n) is 26.0. The van der Waals surface area contributed by atoms with Gasteiger partial charge < -0.3 is 15.2 Å². The fourth-order valence-corrected chi connectivity index (χ4v) is 6.71. The highest BCUT2D eigenvalue weighted by Gasteiger charge is 2.29. The summed E-state index contributed by atoms with van der Waals surface area (Å²) < 4.78 is 5.71. The van der Waals surface area contributed by atoms with Crippen molar-refractivity contribution in [3.05, 3.63) is 119 Å². The smallest absolute Gasteiger partial charge is 0.411 e. The Morgan fingerprint density at radius 1 is 0.800 bits per heavy atom. The summed E-state index contributed by atoms with van der Waals surface area (Å²) in [6.45, 7) is 6.84. The molecule has 4 aromatic carbocycles. The van der Waals surface area contributed by atoms with Crippen LogP contribution in [-0.2, 0) is 11.3 Å². The highest BCUT2D eigenvalue weighted by Crippen LogP contribution is 2.44. The van der Waals surface area contributed by atoms with Crippen LogP contribution in [0, 0.1) is 5.92 Å². The van der Waals surface area contributed by atoms with Crippen molar-refractivity contribution in [2.45, 2.75) is 51.2 Å². The molecule has 6 rings (SSSR count). The third-order valence-electron chi connectivity index (χ3n) is 8.87. The third-order valence-corrected chi connectivity index (χ3v) is 8.87. The van der Waals surface area contributed by atoms with Gasteiger partial charge >= 0.3 is 6.09 Å². The van der Waals surface area contributed by atoms with Gasteiger partial charge in [0, 0.05) is 18.0 Å². The van der Waals surface area contributed by atoms with E-state index in [-0.39, 0.29) is 18.4 Å². The number of amides is 2. The summed E-state index contributed by atoms with van der Waals surface area (Å²) in [5.41, 5.74) is 6.69. The quantitative estimate of drug-likeness (QED) is 0.183. The monoisotopic (exact) mass is 603 g/mol. The Balaban J connectivity index is 1.02. The van der Waals surface area contributed by atoms with Crippen LogP contribution in [0.15, 0.2) is 97.1 Å². The number of benzene rings is 4. The van der Waals surface area contributed by atoms with Crippen molar-refractivity contribution < 1.29 is 19.4 Å². The van der Waals surface area contributed by atoms with Gasteiger partial charge in [0.2, 0.25) is 0 Å². The van der Waals surface area contributed by atoms with E-state index in [0.29, 0.717) is 22.9 Å². The van der Waals surface area contributed by atoms with Crippen molar-refractivity contribution >= 4 is 23.4 Å². The summed E-state index contributed by atoms with van der Waals surface area (Å²) in [6, 6.07) is 31.2. The molecule has 2 aliphatic rings. The maximum Gasteiger partial charge on any atom is 0.411 e. The number of nitrogens with one attached hydrogen (secondary N) is 2. The first-order chi connectivity index (χ1) is 21.7. The lowest BCUT2D eigenvalue weighted by Crippen LogP contribution is -2.35. The first kappa shape index (κ1) is 30.6. The molecule has 1 aliphatic carbocycles. The molecule has 7 nitrogen and oxygen atoms in total. The Kier molecular flexibility index (Phi) is 9.01. The van der Waals surface area contributed by atoms with Crippen LogP contribution in [-0.4, -0.2) is 47.3 Å². The van der Waals surface area contributed by atoms with Crippen LogP contribution in [0.1, 0.15) is 66.1 Å². The Labute approximate surface area is 265 Å². The first-order valence-corrected chi connectivity index (χ1v) is 15.8. The van der Waals surface area contributed by atoms with Crippen LogP contribution in [0.5, 0.6) is 0 Å². The van der Waals surface area contributed by atoms with Gasteiger partial charge in [-0.2, -0.15) is 0 Å². The number of rotatable bonds is 9. The highest BCUT2D eigenvalue weighted by atomic mass is 16.5. The summed E-state index contributed by atoms with van der Waals surface area (Å²) in [5, 5.41) is 15.9. The Hall–Kier alpha value is -4.46. The second-order valence-corrected chi connectivity index (χ2v) is 12.9.